The zero-order chi connectivity index (χ0) is 22.4. The zero-order valence-electron chi connectivity index (χ0n) is 18.7. The summed E-state index contributed by atoms with van der Waals surface area (Å²) >= 11 is 0. The monoisotopic (exact) mass is 437 g/mol. The van der Waals surface area contributed by atoms with Gasteiger partial charge in [-0.3, -0.25) is 14.5 Å². The normalized spacial score (nSPS) is 17.0. The summed E-state index contributed by atoms with van der Waals surface area (Å²) in [5, 5.41) is 0. The van der Waals surface area contributed by atoms with Crippen LogP contribution in [0.3, 0.4) is 0 Å². The number of nitrogens with zero attached hydrogens (tertiary/aromatic N) is 3. The van der Waals surface area contributed by atoms with Crippen molar-refractivity contribution in [3.8, 4) is 0 Å². The molecule has 3 aromatic rings. The molecule has 3 aliphatic rings. The fourth-order valence-corrected chi connectivity index (χ4v) is 5.35. The lowest BCUT2D eigenvalue weighted by atomic mass is 10.0. The molecule has 0 saturated carbocycles. The number of carbonyl (C=O) groups excluding carboxylic acids is 2. The van der Waals surface area contributed by atoms with E-state index in [0.29, 0.717) is 6.54 Å². The van der Waals surface area contributed by atoms with Crippen molar-refractivity contribution in [2.75, 3.05) is 19.6 Å². The third kappa shape index (κ3) is 3.72. The largest absolute Gasteiger partial charge is 0.334 e. The lowest BCUT2D eigenvalue weighted by Gasteiger charge is -2.20. The highest BCUT2D eigenvalue weighted by molar-refractivity contribution is 5.98. The predicted molar refractivity (Wildman–Crippen MR) is 127 cm³/mol. The highest BCUT2D eigenvalue weighted by Crippen LogP contribution is 2.27. The van der Waals surface area contributed by atoms with E-state index in [1.807, 2.05) is 52.3 Å². The fraction of sp³-hybridized carbons (Fsp3) is 0.286. The molecule has 3 aromatic carbocycles. The maximum absolute atomic E-state index is 12.6. The maximum Gasteiger partial charge on any atom is 0.254 e. The average Bonchev–Trinajstić information content (AvgIpc) is 3.50. The van der Waals surface area contributed by atoms with E-state index in [4.69, 9.17) is 0 Å². The first-order valence-electron chi connectivity index (χ1n) is 11.7. The van der Waals surface area contributed by atoms with Crippen LogP contribution in [0.5, 0.6) is 0 Å². The lowest BCUT2D eigenvalue weighted by Crippen LogP contribution is -2.33. The van der Waals surface area contributed by atoms with Crippen molar-refractivity contribution in [2.24, 2.45) is 0 Å². The van der Waals surface area contributed by atoms with Gasteiger partial charge in [-0.15, -0.1) is 0 Å². The van der Waals surface area contributed by atoms with Crippen LogP contribution in [0.4, 0.5) is 0 Å². The van der Waals surface area contributed by atoms with Crippen LogP contribution >= 0.6 is 0 Å². The Kier molecular flexibility index (Phi) is 4.99. The lowest BCUT2D eigenvalue weighted by molar-refractivity contribution is 0.0755. The maximum atomic E-state index is 12.6. The Morgan fingerprint density at radius 3 is 1.85 bits per heavy atom. The first kappa shape index (κ1) is 20.2. The van der Waals surface area contributed by atoms with Gasteiger partial charge < -0.3 is 9.80 Å². The van der Waals surface area contributed by atoms with E-state index < -0.39 is 0 Å². The first-order chi connectivity index (χ1) is 16.2. The standard InChI is InChI=1S/C28H27N3O2/c32-27-25-7-3-1-5-22(25)18-30(27)12-11-20-9-10-21-16-29(17-24(21)15-20)13-14-31-19-23-6-2-4-8-26(23)28(31)33/h1-10,15H,11-14,16-19H2. The highest BCUT2D eigenvalue weighted by atomic mass is 16.2. The van der Waals surface area contributed by atoms with Gasteiger partial charge in [-0.05, 0) is 46.4 Å². The van der Waals surface area contributed by atoms with E-state index in [-0.39, 0.29) is 11.8 Å². The van der Waals surface area contributed by atoms with Crippen LogP contribution < -0.4 is 0 Å². The SMILES string of the molecule is O=C1c2ccccc2CN1CCc1ccc2c(c1)CN(CCN1Cc3ccccc3C1=O)C2. The summed E-state index contributed by atoms with van der Waals surface area (Å²) in [4.78, 5) is 31.6. The molecule has 5 heteroatoms. The second-order valence-corrected chi connectivity index (χ2v) is 9.33. The number of hydrogen-bond acceptors (Lipinski definition) is 3. The molecule has 33 heavy (non-hydrogen) atoms. The molecule has 0 unspecified atom stereocenters. The van der Waals surface area contributed by atoms with Gasteiger partial charge in [0.1, 0.15) is 0 Å². The number of carbonyl (C=O) groups is 2. The smallest absolute Gasteiger partial charge is 0.254 e. The van der Waals surface area contributed by atoms with Crippen LogP contribution in [0.2, 0.25) is 0 Å². The van der Waals surface area contributed by atoms with Crippen molar-refractivity contribution in [1.29, 1.82) is 0 Å². The molecular formula is C28H27N3O2. The topological polar surface area (TPSA) is 43.9 Å². The summed E-state index contributed by atoms with van der Waals surface area (Å²) in [6, 6.07) is 22.6. The van der Waals surface area contributed by atoms with E-state index in [9.17, 15) is 9.59 Å². The van der Waals surface area contributed by atoms with Crippen LogP contribution in [-0.2, 0) is 32.6 Å². The molecule has 0 saturated heterocycles. The van der Waals surface area contributed by atoms with E-state index in [1.54, 1.807) is 0 Å². The number of benzene rings is 3. The molecule has 0 N–H and O–H groups in total. The zero-order valence-corrected chi connectivity index (χ0v) is 18.7. The van der Waals surface area contributed by atoms with Gasteiger partial charge >= 0.3 is 0 Å². The summed E-state index contributed by atoms with van der Waals surface area (Å²) < 4.78 is 0. The minimum Gasteiger partial charge on any atom is -0.334 e. The van der Waals surface area contributed by atoms with Gasteiger partial charge in [0.2, 0.25) is 0 Å². The summed E-state index contributed by atoms with van der Waals surface area (Å²) in [6.45, 7) is 5.67. The third-order valence-corrected chi connectivity index (χ3v) is 7.21. The van der Waals surface area contributed by atoms with Crippen molar-refractivity contribution < 1.29 is 9.59 Å². The number of hydrogen-bond donors (Lipinski definition) is 0. The second kappa shape index (κ2) is 8.16. The van der Waals surface area contributed by atoms with Gasteiger partial charge in [-0.25, -0.2) is 0 Å². The van der Waals surface area contributed by atoms with Gasteiger partial charge in [0.25, 0.3) is 11.8 Å². The second-order valence-electron chi connectivity index (χ2n) is 9.33. The van der Waals surface area contributed by atoms with E-state index in [0.717, 1.165) is 67.9 Å². The Morgan fingerprint density at radius 2 is 1.18 bits per heavy atom. The number of amides is 2. The van der Waals surface area contributed by atoms with Gasteiger partial charge in [0.15, 0.2) is 0 Å². The van der Waals surface area contributed by atoms with Crippen LogP contribution in [0, 0.1) is 0 Å². The average molecular weight is 438 g/mol. The fourth-order valence-electron chi connectivity index (χ4n) is 5.35. The molecule has 0 spiro atoms. The molecule has 3 heterocycles. The van der Waals surface area contributed by atoms with E-state index in [2.05, 4.69) is 29.2 Å². The van der Waals surface area contributed by atoms with Crippen LogP contribution in [0.1, 0.15) is 48.5 Å². The Bertz CT molecular complexity index is 1250. The predicted octanol–water partition coefficient (Wildman–Crippen LogP) is 3.86. The Hall–Kier alpha value is -3.44. The van der Waals surface area contributed by atoms with Gasteiger partial charge in [0.05, 0.1) is 0 Å². The molecule has 0 radical (unpaired) electrons. The molecule has 3 aliphatic heterocycles. The van der Waals surface area contributed by atoms with E-state index >= 15 is 0 Å². The molecule has 6 rings (SSSR count). The van der Waals surface area contributed by atoms with Crippen molar-refractivity contribution in [2.45, 2.75) is 32.6 Å². The van der Waals surface area contributed by atoms with Crippen LogP contribution in [0.25, 0.3) is 0 Å². The molecular weight excluding hydrogens is 410 g/mol. The summed E-state index contributed by atoms with van der Waals surface area (Å²) in [5.74, 6) is 0.305. The van der Waals surface area contributed by atoms with Crippen molar-refractivity contribution in [3.05, 3.63) is 106 Å². The van der Waals surface area contributed by atoms with E-state index in [1.165, 1.54) is 16.7 Å². The number of fused-ring (bicyclic) bond motifs is 3. The molecule has 5 nitrogen and oxygen atoms in total. The minimum atomic E-state index is 0.150. The third-order valence-electron chi connectivity index (χ3n) is 7.21. The molecule has 0 aliphatic carbocycles. The molecule has 166 valence electrons. The van der Waals surface area contributed by atoms with Gasteiger partial charge in [-0.1, -0.05) is 54.6 Å². The number of rotatable bonds is 6. The Labute approximate surface area is 194 Å². The quantitative estimate of drug-likeness (QED) is 0.588. The summed E-state index contributed by atoms with van der Waals surface area (Å²) in [7, 11) is 0. The van der Waals surface area contributed by atoms with Crippen molar-refractivity contribution in [1.82, 2.24) is 14.7 Å². The van der Waals surface area contributed by atoms with Gasteiger partial charge in [0, 0.05) is 56.9 Å². The summed E-state index contributed by atoms with van der Waals surface area (Å²) in [5.41, 5.74) is 8.00. The molecule has 0 atom stereocenters. The molecule has 0 aromatic heterocycles. The molecule has 0 fully saturated rings. The van der Waals surface area contributed by atoms with Gasteiger partial charge in [-0.2, -0.15) is 0 Å². The Morgan fingerprint density at radius 1 is 0.576 bits per heavy atom. The first-order valence-corrected chi connectivity index (χ1v) is 11.7. The summed E-state index contributed by atoms with van der Waals surface area (Å²) in [6.07, 6.45) is 0.869. The van der Waals surface area contributed by atoms with Crippen LogP contribution in [-0.4, -0.2) is 46.1 Å². The van der Waals surface area contributed by atoms with Crippen molar-refractivity contribution >= 4 is 11.8 Å². The molecule has 0 bridgehead atoms. The minimum absolute atomic E-state index is 0.150. The van der Waals surface area contributed by atoms with Crippen molar-refractivity contribution in [3.63, 3.8) is 0 Å². The highest BCUT2D eigenvalue weighted by Gasteiger charge is 2.28. The molecule has 2 amide bonds. The Balaban J connectivity index is 1.03. The van der Waals surface area contributed by atoms with Crippen LogP contribution in [0.15, 0.2) is 66.7 Å².